The summed E-state index contributed by atoms with van der Waals surface area (Å²) in [6.07, 6.45) is 0.624. The molecule has 1 unspecified atom stereocenters. The zero-order valence-electron chi connectivity index (χ0n) is 13.6. The van der Waals surface area contributed by atoms with E-state index in [1.807, 2.05) is 13.8 Å². The zero-order chi connectivity index (χ0) is 17.7. The molecular formula is C18H18ClFN2O2. The van der Waals surface area contributed by atoms with Crippen LogP contribution in [0.1, 0.15) is 23.6 Å². The maximum atomic E-state index is 13.0. The van der Waals surface area contributed by atoms with Crippen LogP contribution in [0.15, 0.2) is 41.5 Å². The fourth-order valence-electron chi connectivity index (χ4n) is 2.08. The summed E-state index contributed by atoms with van der Waals surface area (Å²) in [5, 5.41) is 4.48. The molecule has 6 heteroatoms. The number of hydrogen-bond acceptors (Lipinski definition) is 3. The number of hydrogen-bond donors (Lipinski definition) is 1. The van der Waals surface area contributed by atoms with Gasteiger partial charge in [0.25, 0.3) is 5.91 Å². The summed E-state index contributed by atoms with van der Waals surface area (Å²) in [4.78, 5) is 12.0. The molecule has 1 atom stereocenters. The van der Waals surface area contributed by atoms with Gasteiger partial charge in [0.2, 0.25) is 0 Å². The summed E-state index contributed by atoms with van der Waals surface area (Å²) in [7, 11) is 0. The molecule has 0 aliphatic carbocycles. The van der Waals surface area contributed by atoms with Crippen LogP contribution < -0.4 is 10.2 Å². The second-order valence-corrected chi connectivity index (χ2v) is 5.80. The van der Waals surface area contributed by atoms with Crippen LogP contribution in [0.2, 0.25) is 5.02 Å². The van der Waals surface area contributed by atoms with Crippen LogP contribution in [0, 0.1) is 19.7 Å². The molecule has 2 rings (SSSR count). The van der Waals surface area contributed by atoms with Crippen LogP contribution in [0.25, 0.3) is 0 Å². The van der Waals surface area contributed by atoms with Gasteiger partial charge in [-0.2, -0.15) is 5.10 Å². The Bertz CT molecular complexity index is 754. The molecule has 0 saturated carbocycles. The van der Waals surface area contributed by atoms with Crippen molar-refractivity contribution in [2.24, 2.45) is 5.10 Å². The first-order valence-electron chi connectivity index (χ1n) is 7.38. The van der Waals surface area contributed by atoms with E-state index < -0.39 is 12.0 Å². The van der Waals surface area contributed by atoms with Crippen molar-refractivity contribution in [2.75, 3.05) is 0 Å². The van der Waals surface area contributed by atoms with Crippen molar-refractivity contribution in [3.63, 3.8) is 0 Å². The Balaban J connectivity index is 1.95. The van der Waals surface area contributed by atoms with E-state index in [1.54, 1.807) is 31.2 Å². The van der Waals surface area contributed by atoms with Crippen LogP contribution in [0.5, 0.6) is 5.75 Å². The maximum Gasteiger partial charge on any atom is 0.280 e. The topological polar surface area (TPSA) is 50.7 Å². The molecule has 1 N–H and O–H groups in total. The summed E-state index contributed by atoms with van der Waals surface area (Å²) in [5.41, 5.74) is 4.67. The number of ether oxygens (including phenoxy) is 1. The van der Waals surface area contributed by atoms with E-state index in [9.17, 15) is 9.18 Å². The van der Waals surface area contributed by atoms with Gasteiger partial charge in [0, 0.05) is 5.02 Å². The zero-order valence-corrected chi connectivity index (χ0v) is 14.4. The number of aryl methyl sites for hydroxylation is 2. The van der Waals surface area contributed by atoms with Gasteiger partial charge < -0.3 is 4.74 Å². The van der Waals surface area contributed by atoms with E-state index in [0.717, 1.165) is 11.1 Å². The van der Waals surface area contributed by atoms with E-state index in [1.165, 1.54) is 18.3 Å². The van der Waals surface area contributed by atoms with Gasteiger partial charge in [-0.05, 0) is 61.7 Å². The molecule has 126 valence electrons. The fraction of sp³-hybridized carbons (Fsp3) is 0.222. The standard InChI is InChI=1S/C18H18ClFN2O2/c1-11-7-16(8-12(2)17(11)19)24-13(3)18(23)22-21-10-14-5-4-6-15(20)9-14/h4-10,13H,1-3H3,(H,22,23)/b21-10+. The Labute approximate surface area is 145 Å². The Kier molecular flexibility index (Phi) is 5.93. The Morgan fingerprint density at radius 3 is 2.58 bits per heavy atom. The predicted molar refractivity (Wildman–Crippen MR) is 93.2 cm³/mol. The van der Waals surface area contributed by atoms with E-state index >= 15 is 0 Å². The van der Waals surface area contributed by atoms with Gasteiger partial charge in [0.15, 0.2) is 6.10 Å². The molecule has 0 aliphatic heterocycles. The molecule has 2 aromatic carbocycles. The van der Waals surface area contributed by atoms with Crippen LogP contribution >= 0.6 is 11.6 Å². The van der Waals surface area contributed by atoms with Gasteiger partial charge in [-0.3, -0.25) is 4.79 Å². The van der Waals surface area contributed by atoms with Gasteiger partial charge in [0.1, 0.15) is 11.6 Å². The highest BCUT2D eigenvalue weighted by Crippen LogP contribution is 2.26. The predicted octanol–water partition coefficient (Wildman–Crippen LogP) is 4.01. The highest BCUT2D eigenvalue weighted by Gasteiger charge is 2.15. The van der Waals surface area contributed by atoms with E-state index in [-0.39, 0.29) is 5.82 Å². The normalized spacial score (nSPS) is 12.2. The number of amides is 1. The average molecular weight is 349 g/mol. The Hall–Kier alpha value is -2.40. The first-order chi connectivity index (χ1) is 11.4. The Morgan fingerprint density at radius 1 is 1.29 bits per heavy atom. The molecule has 0 bridgehead atoms. The first-order valence-corrected chi connectivity index (χ1v) is 7.76. The lowest BCUT2D eigenvalue weighted by Gasteiger charge is -2.14. The third-order valence-electron chi connectivity index (χ3n) is 3.33. The number of benzene rings is 2. The van der Waals surface area contributed by atoms with Crippen LogP contribution in [0.4, 0.5) is 4.39 Å². The monoisotopic (exact) mass is 348 g/mol. The van der Waals surface area contributed by atoms with Crippen LogP contribution in [-0.4, -0.2) is 18.2 Å². The molecular weight excluding hydrogens is 331 g/mol. The average Bonchev–Trinajstić information content (AvgIpc) is 2.52. The minimum Gasteiger partial charge on any atom is -0.481 e. The molecule has 1 amide bonds. The Morgan fingerprint density at radius 2 is 1.96 bits per heavy atom. The SMILES string of the molecule is Cc1cc(OC(C)C(=O)N/N=C/c2cccc(F)c2)cc(C)c1Cl. The smallest absolute Gasteiger partial charge is 0.280 e. The number of hydrazone groups is 1. The highest BCUT2D eigenvalue weighted by atomic mass is 35.5. The van der Waals surface area contributed by atoms with Gasteiger partial charge >= 0.3 is 0 Å². The third-order valence-corrected chi connectivity index (χ3v) is 3.93. The molecule has 0 spiro atoms. The van der Waals surface area contributed by atoms with Crippen molar-refractivity contribution >= 4 is 23.7 Å². The second-order valence-electron chi connectivity index (χ2n) is 5.42. The van der Waals surface area contributed by atoms with E-state index in [2.05, 4.69) is 10.5 Å². The lowest BCUT2D eigenvalue weighted by atomic mass is 10.1. The number of nitrogens with zero attached hydrogens (tertiary/aromatic N) is 1. The minimum absolute atomic E-state index is 0.365. The number of halogens is 2. The van der Waals surface area contributed by atoms with Crippen molar-refractivity contribution in [2.45, 2.75) is 26.9 Å². The van der Waals surface area contributed by atoms with Crippen molar-refractivity contribution in [3.05, 3.63) is 63.9 Å². The van der Waals surface area contributed by atoms with E-state index in [4.69, 9.17) is 16.3 Å². The first kappa shape index (κ1) is 17.9. The second kappa shape index (κ2) is 7.93. The van der Waals surface area contributed by atoms with Gasteiger partial charge in [0.05, 0.1) is 6.21 Å². The molecule has 0 heterocycles. The fourth-order valence-corrected chi connectivity index (χ4v) is 2.19. The molecule has 0 radical (unpaired) electrons. The number of rotatable bonds is 5. The maximum absolute atomic E-state index is 13.0. The largest absolute Gasteiger partial charge is 0.481 e. The molecule has 0 saturated heterocycles. The van der Waals surface area contributed by atoms with Crippen molar-refractivity contribution < 1.29 is 13.9 Å². The molecule has 0 fully saturated rings. The van der Waals surface area contributed by atoms with Gasteiger partial charge in [-0.1, -0.05) is 23.7 Å². The van der Waals surface area contributed by atoms with Crippen molar-refractivity contribution in [1.82, 2.24) is 5.43 Å². The summed E-state index contributed by atoms with van der Waals surface area (Å²) < 4.78 is 18.6. The lowest BCUT2D eigenvalue weighted by molar-refractivity contribution is -0.127. The van der Waals surface area contributed by atoms with Crippen molar-refractivity contribution in [1.29, 1.82) is 0 Å². The van der Waals surface area contributed by atoms with Crippen LogP contribution in [-0.2, 0) is 4.79 Å². The quantitative estimate of drug-likeness (QED) is 0.655. The number of carbonyl (C=O) groups is 1. The summed E-state index contributed by atoms with van der Waals surface area (Å²) in [6, 6.07) is 9.44. The molecule has 24 heavy (non-hydrogen) atoms. The van der Waals surface area contributed by atoms with Crippen LogP contribution in [0.3, 0.4) is 0 Å². The van der Waals surface area contributed by atoms with Gasteiger partial charge in [-0.15, -0.1) is 0 Å². The minimum atomic E-state index is -0.741. The lowest BCUT2D eigenvalue weighted by Crippen LogP contribution is -2.33. The molecule has 0 aromatic heterocycles. The molecule has 2 aromatic rings. The van der Waals surface area contributed by atoms with Gasteiger partial charge in [-0.25, -0.2) is 9.82 Å². The number of nitrogens with one attached hydrogen (secondary N) is 1. The van der Waals surface area contributed by atoms with E-state index in [0.29, 0.717) is 16.3 Å². The summed E-state index contributed by atoms with van der Waals surface area (Å²) in [5.74, 6) is -0.213. The summed E-state index contributed by atoms with van der Waals surface area (Å²) in [6.45, 7) is 5.36. The third kappa shape index (κ3) is 4.80. The summed E-state index contributed by atoms with van der Waals surface area (Å²) >= 11 is 6.11. The molecule has 4 nitrogen and oxygen atoms in total. The highest BCUT2D eigenvalue weighted by molar-refractivity contribution is 6.32. The van der Waals surface area contributed by atoms with Crippen molar-refractivity contribution in [3.8, 4) is 5.75 Å². The number of carbonyl (C=O) groups excluding carboxylic acids is 1. The molecule has 0 aliphatic rings.